The SMILES string of the molecule is O=C(O)[C@@H]1CN(C(=O)OCC2c3ccccc3-c3ccccc32)CC[C@@H]1c1ccccc1. The van der Waals surface area contributed by atoms with Gasteiger partial charge in [0, 0.05) is 24.9 Å². The van der Waals surface area contributed by atoms with E-state index in [1.807, 2.05) is 54.6 Å². The monoisotopic (exact) mass is 427 g/mol. The zero-order valence-electron chi connectivity index (χ0n) is 17.7. The van der Waals surface area contributed by atoms with Crippen molar-refractivity contribution in [2.24, 2.45) is 5.92 Å². The number of hydrogen-bond acceptors (Lipinski definition) is 3. The Bertz CT molecular complexity index is 1100. The van der Waals surface area contributed by atoms with Crippen LogP contribution < -0.4 is 0 Å². The quantitative estimate of drug-likeness (QED) is 0.627. The van der Waals surface area contributed by atoms with Crippen LogP contribution >= 0.6 is 0 Å². The normalized spacial score (nSPS) is 19.8. The lowest BCUT2D eigenvalue weighted by atomic mass is 9.80. The zero-order chi connectivity index (χ0) is 22.1. The van der Waals surface area contributed by atoms with Gasteiger partial charge in [0.1, 0.15) is 6.61 Å². The summed E-state index contributed by atoms with van der Waals surface area (Å²) in [5, 5.41) is 9.81. The molecule has 0 saturated carbocycles. The number of nitrogens with zero attached hydrogens (tertiary/aromatic N) is 1. The van der Waals surface area contributed by atoms with Crippen LogP contribution in [0, 0.1) is 5.92 Å². The summed E-state index contributed by atoms with van der Waals surface area (Å²) >= 11 is 0. The Labute approximate surface area is 187 Å². The van der Waals surface area contributed by atoms with Gasteiger partial charge in [0.05, 0.1) is 5.92 Å². The third kappa shape index (κ3) is 3.64. The first-order valence-electron chi connectivity index (χ1n) is 11.0. The van der Waals surface area contributed by atoms with E-state index in [2.05, 4.69) is 24.3 Å². The molecule has 2 aliphatic rings. The molecular formula is C27H25NO4. The number of carboxylic acids is 1. The van der Waals surface area contributed by atoms with Gasteiger partial charge in [0.2, 0.25) is 0 Å². The van der Waals surface area contributed by atoms with E-state index in [9.17, 15) is 14.7 Å². The molecule has 1 aliphatic carbocycles. The van der Waals surface area contributed by atoms with E-state index in [1.54, 1.807) is 4.90 Å². The smallest absolute Gasteiger partial charge is 0.409 e. The standard InChI is InChI=1S/C27H25NO4/c29-26(30)24-16-28(15-14-19(24)18-8-2-1-3-9-18)27(31)32-17-25-22-12-6-4-10-20(22)21-11-5-7-13-23(21)25/h1-13,19,24-25H,14-17H2,(H,29,30)/t19-,24-/m1/s1. The summed E-state index contributed by atoms with van der Waals surface area (Å²) in [5.41, 5.74) is 5.69. The highest BCUT2D eigenvalue weighted by Gasteiger charge is 2.38. The van der Waals surface area contributed by atoms with E-state index in [4.69, 9.17) is 4.74 Å². The van der Waals surface area contributed by atoms with Crippen LogP contribution in [0.1, 0.15) is 34.9 Å². The van der Waals surface area contributed by atoms with Gasteiger partial charge in [-0.25, -0.2) is 4.79 Å². The van der Waals surface area contributed by atoms with Crippen LogP contribution in [0.25, 0.3) is 11.1 Å². The summed E-state index contributed by atoms with van der Waals surface area (Å²) in [4.78, 5) is 26.4. The van der Waals surface area contributed by atoms with Crippen molar-refractivity contribution in [3.05, 3.63) is 95.6 Å². The molecular weight excluding hydrogens is 402 g/mol. The van der Waals surface area contributed by atoms with Crippen molar-refractivity contribution in [3.8, 4) is 11.1 Å². The van der Waals surface area contributed by atoms with E-state index in [0.29, 0.717) is 13.0 Å². The van der Waals surface area contributed by atoms with Gasteiger partial charge in [-0.1, -0.05) is 78.9 Å². The van der Waals surface area contributed by atoms with Gasteiger partial charge in [0.15, 0.2) is 0 Å². The van der Waals surface area contributed by atoms with E-state index in [0.717, 1.165) is 16.7 Å². The lowest BCUT2D eigenvalue weighted by molar-refractivity contribution is -0.144. The topological polar surface area (TPSA) is 66.8 Å². The van der Waals surface area contributed by atoms with Crippen LogP contribution in [0.4, 0.5) is 4.79 Å². The third-order valence-electron chi connectivity index (χ3n) is 6.75. The Morgan fingerprint density at radius 2 is 1.47 bits per heavy atom. The second-order valence-corrected chi connectivity index (χ2v) is 8.50. The fourth-order valence-corrected chi connectivity index (χ4v) is 5.15. The maximum absolute atomic E-state index is 12.9. The summed E-state index contributed by atoms with van der Waals surface area (Å²) in [6.45, 7) is 0.884. The number of fused-ring (bicyclic) bond motifs is 3. The van der Waals surface area contributed by atoms with E-state index < -0.39 is 18.0 Å². The number of amides is 1. The van der Waals surface area contributed by atoms with Crippen molar-refractivity contribution in [1.29, 1.82) is 0 Å². The maximum Gasteiger partial charge on any atom is 0.409 e. The van der Waals surface area contributed by atoms with E-state index in [1.165, 1.54) is 11.1 Å². The van der Waals surface area contributed by atoms with Crippen molar-refractivity contribution in [2.75, 3.05) is 19.7 Å². The fourth-order valence-electron chi connectivity index (χ4n) is 5.15. The third-order valence-corrected chi connectivity index (χ3v) is 6.75. The molecule has 5 heteroatoms. The molecule has 32 heavy (non-hydrogen) atoms. The van der Waals surface area contributed by atoms with Gasteiger partial charge < -0.3 is 14.7 Å². The molecule has 3 aromatic rings. The Balaban J connectivity index is 1.29. The average molecular weight is 428 g/mol. The Morgan fingerprint density at radius 1 is 0.875 bits per heavy atom. The molecule has 1 fully saturated rings. The minimum Gasteiger partial charge on any atom is -0.481 e. The molecule has 0 unspecified atom stereocenters. The zero-order valence-corrected chi connectivity index (χ0v) is 17.7. The summed E-state index contributed by atoms with van der Waals surface area (Å²) in [5.74, 6) is -1.64. The first-order chi connectivity index (χ1) is 15.6. The highest BCUT2D eigenvalue weighted by Crippen LogP contribution is 2.44. The number of likely N-dealkylation sites (tertiary alicyclic amines) is 1. The first-order valence-corrected chi connectivity index (χ1v) is 11.0. The second-order valence-electron chi connectivity index (χ2n) is 8.50. The van der Waals surface area contributed by atoms with Gasteiger partial charge in [-0.2, -0.15) is 0 Å². The van der Waals surface area contributed by atoms with E-state index >= 15 is 0 Å². The number of benzene rings is 3. The fraction of sp³-hybridized carbons (Fsp3) is 0.259. The minimum atomic E-state index is -0.880. The van der Waals surface area contributed by atoms with Crippen LogP contribution in [0.3, 0.4) is 0 Å². The van der Waals surface area contributed by atoms with Crippen molar-refractivity contribution in [1.82, 2.24) is 4.90 Å². The van der Waals surface area contributed by atoms with Crippen LogP contribution in [-0.2, 0) is 9.53 Å². The van der Waals surface area contributed by atoms with Crippen molar-refractivity contribution in [2.45, 2.75) is 18.3 Å². The molecule has 5 nitrogen and oxygen atoms in total. The van der Waals surface area contributed by atoms with Crippen LogP contribution in [-0.4, -0.2) is 41.8 Å². The maximum atomic E-state index is 12.9. The lowest BCUT2D eigenvalue weighted by Gasteiger charge is -2.36. The Kier molecular flexibility index (Phi) is 5.39. The molecule has 3 aromatic carbocycles. The molecule has 0 bridgehead atoms. The average Bonchev–Trinajstić information content (AvgIpc) is 3.16. The minimum absolute atomic E-state index is 0.0107. The lowest BCUT2D eigenvalue weighted by Crippen LogP contribution is -2.46. The molecule has 1 heterocycles. The summed E-state index contributed by atoms with van der Waals surface area (Å²) in [6, 6.07) is 26.1. The van der Waals surface area contributed by atoms with Crippen molar-refractivity contribution in [3.63, 3.8) is 0 Å². The molecule has 1 aliphatic heterocycles. The summed E-state index contributed by atoms with van der Waals surface area (Å²) < 4.78 is 5.74. The highest BCUT2D eigenvalue weighted by molar-refractivity contribution is 5.79. The Morgan fingerprint density at radius 3 is 2.09 bits per heavy atom. The van der Waals surface area contributed by atoms with Gasteiger partial charge in [-0.3, -0.25) is 4.79 Å². The van der Waals surface area contributed by atoms with Crippen LogP contribution in [0.5, 0.6) is 0 Å². The van der Waals surface area contributed by atoms with Gasteiger partial charge in [-0.05, 0) is 34.2 Å². The summed E-state index contributed by atoms with van der Waals surface area (Å²) in [6.07, 6.45) is 0.162. The number of carboxylic acid groups (broad SMARTS) is 1. The largest absolute Gasteiger partial charge is 0.481 e. The van der Waals surface area contributed by atoms with Crippen LogP contribution in [0.15, 0.2) is 78.9 Å². The summed E-state index contributed by atoms with van der Waals surface area (Å²) in [7, 11) is 0. The number of hydrogen-bond donors (Lipinski definition) is 1. The van der Waals surface area contributed by atoms with Crippen molar-refractivity contribution < 1.29 is 19.4 Å². The molecule has 5 rings (SSSR count). The molecule has 0 aromatic heterocycles. The molecule has 1 amide bonds. The number of carbonyl (C=O) groups is 2. The molecule has 0 radical (unpaired) electrons. The number of aliphatic carboxylic acids is 1. The number of carbonyl (C=O) groups excluding carboxylic acids is 1. The predicted molar refractivity (Wildman–Crippen MR) is 122 cm³/mol. The van der Waals surface area contributed by atoms with Gasteiger partial charge >= 0.3 is 12.1 Å². The molecule has 1 N–H and O–H groups in total. The first kappa shape index (κ1) is 20.3. The second kappa shape index (κ2) is 8.50. The highest BCUT2D eigenvalue weighted by atomic mass is 16.6. The molecule has 1 saturated heterocycles. The van der Waals surface area contributed by atoms with Crippen LogP contribution in [0.2, 0.25) is 0 Å². The predicted octanol–water partition coefficient (Wildman–Crippen LogP) is 5.13. The molecule has 2 atom stereocenters. The molecule has 0 spiro atoms. The number of rotatable bonds is 4. The Hall–Kier alpha value is -3.60. The van der Waals surface area contributed by atoms with Crippen molar-refractivity contribution >= 4 is 12.1 Å². The van der Waals surface area contributed by atoms with E-state index in [-0.39, 0.29) is 25.0 Å². The van der Waals surface area contributed by atoms with Gasteiger partial charge in [0.25, 0.3) is 0 Å². The number of piperidine rings is 1. The molecule has 162 valence electrons. The number of ether oxygens (including phenoxy) is 1. The van der Waals surface area contributed by atoms with Gasteiger partial charge in [-0.15, -0.1) is 0 Å².